The Morgan fingerprint density at radius 3 is 2.45 bits per heavy atom. The van der Waals surface area contributed by atoms with Crippen LogP contribution in [0.25, 0.3) is 0 Å². The molecule has 0 aromatic rings. The highest BCUT2D eigenvalue weighted by Gasteiger charge is 2.24. The molecule has 0 spiro atoms. The molecule has 0 radical (unpaired) electrons. The number of rotatable bonds is 0. The molecule has 1 aliphatic rings. The van der Waals surface area contributed by atoms with Crippen LogP contribution in [0.2, 0.25) is 0 Å². The number of aliphatic imine (C=N–C) groups is 1. The van der Waals surface area contributed by atoms with E-state index >= 15 is 0 Å². The Morgan fingerprint density at radius 1 is 1.45 bits per heavy atom. The number of nitrogens with zero attached hydrogens (tertiary/aromatic N) is 1. The quantitative estimate of drug-likeness (QED) is 0.521. The Kier molecular flexibility index (Phi) is 2.03. The lowest BCUT2D eigenvalue weighted by atomic mass is 9.87. The second-order valence-electron chi connectivity index (χ2n) is 3.72. The first-order valence-electron chi connectivity index (χ1n) is 3.85. The molecule has 0 saturated heterocycles. The zero-order valence-electron chi connectivity index (χ0n) is 7.64. The molecule has 2 heteroatoms. The molecular weight excluding hydrogens is 138 g/mol. The van der Waals surface area contributed by atoms with Crippen LogP contribution in [0, 0.1) is 5.41 Å². The van der Waals surface area contributed by atoms with Crippen molar-refractivity contribution in [2.45, 2.75) is 20.8 Å². The fraction of sp³-hybridized carbons (Fsp3) is 0.667. The first kappa shape index (κ1) is 8.31. The molecule has 1 aliphatic heterocycles. The molecule has 0 saturated carbocycles. The second-order valence-corrected chi connectivity index (χ2v) is 3.72. The Balaban J connectivity index is 2.83. The van der Waals surface area contributed by atoms with Crippen LogP contribution < -0.4 is 0 Å². The fourth-order valence-electron chi connectivity index (χ4n) is 1.19. The van der Waals surface area contributed by atoms with Gasteiger partial charge in [-0.1, -0.05) is 26.8 Å². The van der Waals surface area contributed by atoms with E-state index in [4.69, 9.17) is 4.74 Å². The van der Waals surface area contributed by atoms with Crippen LogP contribution in [0.1, 0.15) is 20.8 Å². The number of hydrogen-bond acceptors (Lipinski definition) is 2. The van der Waals surface area contributed by atoms with Gasteiger partial charge in [0.15, 0.2) is 0 Å². The lowest BCUT2D eigenvalue weighted by Gasteiger charge is -2.20. The van der Waals surface area contributed by atoms with Gasteiger partial charge in [0.1, 0.15) is 0 Å². The molecule has 1 heterocycles. The molecule has 0 amide bonds. The van der Waals surface area contributed by atoms with Crippen molar-refractivity contribution < 1.29 is 4.74 Å². The summed E-state index contributed by atoms with van der Waals surface area (Å²) in [6, 6.07) is 0. The minimum atomic E-state index is 0.158. The highest BCUT2D eigenvalue weighted by molar-refractivity contribution is 5.96. The third-order valence-electron chi connectivity index (χ3n) is 1.76. The summed E-state index contributed by atoms with van der Waals surface area (Å²) in [6.07, 6.45) is 2.12. The normalized spacial score (nSPS) is 17.8. The van der Waals surface area contributed by atoms with E-state index in [9.17, 15) is 0 Å². The summed E-state index contributed by atoms with van der Waals surface area (Å²) in [5.41, 5.74) is 1.38. The van der Waals surface area contributed by atoms with Gasteiger partial charge >= 0.3 is 0 Å². The van der Waals surface area contributed by atoms with Crippen LogP contribution >= 0.6 is 0 Å². The number of methoxy groups -OCH3 is 1. The van der Waals surface area contributed by atoms with Crippen molar-refractivity contribution in [1.29, 1.82) is 0 Å². The predicted molar refractivity (Wildman–Crippen MR) is 46.8 cm³/mol. The zero-order chi connectivity index (χ0) is 8.48. The molecule has 62 valence electrons. The van der Waals surface area contributed by atoms with Gasteiger partial charge in [-0.3, -0.25) is 0 Å². The van der Waals surface area contributed by atoms with Crippen molar-refractivity contribution in [3.63, 3.8) is 0 Å². The molecule has 0 unspecified atom stereocenters. The Labute approximate surface area is 68.0 Å². The molecule has 0 aliphatic carbocycles. The second kappa shape index (κ2) is 2.68. The minimum absolute atomic E-state index is 0.158. The van der Waals surface area contributed by atoms with Crippen LogP contribution in [0.3, 0.4) is 0 Å². The SMILES string of the molecule is COC1=NCC=C1C(C)(C)C. The van der Waals surface area contributed by atoms with Crippen molar-refractivity contribution >= 4 is 5.90 Å². The predicted octanol–water partition coefficient (Wildman–Crippen LogP) is 2.02. The largest absolute Gasteiger partial charge is 0.481 e. The van der Waals surface area contributed by atoms with Crippen molar-refractivity contribution in [2.24, 2.45) is 10.4 Å². The Bertz CT molecular complexity index is 208. The van der Waals surface area contributed by atoms with Crippen LogP contribution in [-0.4, -0.2) is 19.6 Å². The summed E-state index contributed by atoms with van der Waals surface area (Å²) < 4.78 is 5.13. The van der Waals surface area contributed by atoms with E-state index in [0.29, 0.717) is 0 Å². The molecule has 1 rings (SSSR count). The van der Waals surface area contributed by atoms with Crippen LogP contribution in [0.5, 0.6) is 0 Å². The first-order chi connectivity index (χ1) is 5.05. The summed E-state index contributed by atoms with van der Waals surface area (Å²) >= 11 is 0. The maximum atomic E-state index is 5.13. The molecule has 0 aromatic heterocycles. The third kappa shape index (κ3) is 1.62. The van der Waals surface area contributed by atoms with Gasteiger partial charge in [-0.25, -0.2) is 4.99 Å². The highest BCUT2D eigenvalue weighted by Crippen LogP contribution is 2.28. The number of ether oxygens (including phenoxy) is 1. The molecule has 0 N–H and O–H groups in total. The lowest BCUT2D eigenvalue weighted by Crippen LogP contribution is -2.17. The smallest absolute Gasteiger partial charge is 0.212 e. The van der Waals surface area contributed by atoms with E-state index in [1.807, 2.05) is 0 Å². The van der Waals surface area contributed by atoms with Crippen LogP contribution in [-0.2, 0) is 4.74 Å². The van der Waals surface area contributed by atoms with Gasteiger partial charge in [-0.05, 0) is 5.41 Å². The van der Waals surface area contributed by atoms with E-state index in [0.717, 1.165) is 12.4 Å². The molecule has 11 heavy (non-hydrogen) atoms. The summed E-state index contributed by atoms with van der Waals surface area (Å²) in [5.74, 6) is 0.803. The topological polar surface area (TPSA) is 21.6 Å². The molecule has 0 aromatic carbocycles. The molecular formula is C9H15NO. The van der Waals surface area contributed by atoms with Crippen molar-refractivity contribution in [3.8, 4) is 0 Å². The van der Waals surface area contributed by atoms with E-state index in [2.05, 4.69) is 31.8 Å². The average molecular weight is 153 g/mol. The molecule has 0 fully saturated rings. The average Bonchev–Trinajstić information content (AvgIpc) is 2.31. The Hall–Kier alpha value is -0.790. The Morgan fingerprint density at radius 2 is 2.09 bits per heavy atom. The van der Waals surface area contributed by atoms with Gasteiger partial charge in [0.05, 0.1) is 13.7 Å². The summed E-state index contributed by atoms with van der Waals surface area (Å²) in [7, 11) is 1.67. The van der Waals surface area contributed by atoms with E-state index in [1.165, 1.54) is 5.57 Å². The highest BCUT2D eigenvalue weighted by atomic mass is 16.5. The monoisotopic (exact) mass is 153 g/mol. The van der Waals surface area contributed by atoms with Gasteiger partial charge < -0.3 is 4.74 Å². The van der Waals surface area contributed by atoms with Crippen LogP contribution in [0.4, 0.5) is 0 Å². The fourth-order valence-corrected chi connectivity index (χ4v) is 1.19. The van der Waals surface area contributed by atoms with Gasteiger partial charge in [0.2, 0.25) is 5.90 Å². The minimum Gasteiger partial charge on any atom is -0.481 e. The van der Waals surface area contributed by atoms with Crippen molar-refractivity contribution in [3.05, 3.63) is 11.6 Å². The van der Waals surface area contributed by atoms with Crippen molar-refractivity contribution in [1.82, 2.24) is 0 Å². The van der Waals surface area contributed by atoms with E-state index in [-0.39, 0.29) is 5.41 Å². The van der Waals surface area contributed by atoms with E-state index in [1.54, 1.807) is 7.11 Å². The summed E-state index contributed by atoms with van der Waals surface area (Å²) in [5, 5.41) is 0. The maximum Gasteiger partial charge on any atom is 0.212 e. The van der Waals surface area contributed by atoms with Gasteiger partial charge in [0.25, 0.3) is 0 Å². The van der Waals surface area contributed by atoms with Crippen LogP contribution in [0.15, 0.2) is 16.6 Å². The van der Waals surface area contributed by atoms with Crippen molar-refractivity contribution in [2.75, 3.05) is 13.7 Å². The molecule has 2 nitrogen and oxygen atoms in total. The third-order valence-corrected chi connectivity index (χ3v) is 1.76. The van der Waals surface area contributed by atoms with Gasteiger partial charge in [-0.15, -0.1) is 0 Å². The van der Waals surface area contributed by atoms with Gasteiger partial charge in [0, 0.05) is 5.57 Å². The summed E-state index contributed by atoms with van der Waals surface area (Å²) in [4.78, 5) is 4.20. The zero-order valence-corrected chi connectivity index (χ0v) is 7.64. The number of hydrogen-bond donors (Lipinski definition) is 0. The maximum absolute atomic E-state index is 5.13. The van der Waals surface area contributed by atoms with E-state index < -0.39 is 0 Å². The summed E-state index contributed by atoms with van der Waals surface area (Å²) in [6.45, 7) is 7.27. The standard InChI is InChI=1S/C9H15NO/c1-9(2,3)7-5-6-10-8(7)11-4/h5H,6H2,1-4H3. The molecule has 0 bridgehead atoms. The first-order valence-corrected chi connectivity index (χ1v) is 3.85. The molecule has 0 atom stereocenters. The lowest BCUT2D eigenvalue weighted by molar-refractivity contribution is 0.387. The van der Waals surface area contributed by atoms with Gasteiger partial charge in [-0.2, -0.15) is 0 Å².